The Kier molecular flexibility index (Phi) is 4.48. The molecule has 1 unspecified atom stereocenters. The van der Waals surface area contributed by atoms with Crippen molar-refractivity contribution in [2.75, 3.05) is 12.4 Å². The molecule has 0 radical (unpaired) electrons. The largest absolute Gasteiger partial charge is 0.496 e. The molecule has 0 saturated heterocycles. The van der Waals surface area contributed by atoms with Crippen molar-refractivity contribution >= 4 is 34.5 Å². The molecule has 0 aliphatic carbocycles. The van der Waals surface area contributed by atoms with Crippen molar-refractivity contribution in [3.8, 4) is 5.75 Å². The van der Waals surface area contributed by atoms with Gasteiger partial charge in [0.1, 0.15) is 11.6 Å². The number of H-pyrrole nitrogens is 2. The molecule has 30 heavy (non-hydrogen) atoms. The Morgan fingerprint density at radius 3 is 2.47 bits per heavy atom. The predicted octanol–water partition coefficient (Wildman–Crippen LogP) is 5.19. The van der Waals surface area contributed by atoms with Gasteiger partial charge in [-0.3, -0.25) is 9.78 Å². The van der Waals surface area contributed by atoms with Gasteiger partial charge in [-0.1, -0.05) is 60.7 Å². The third-order valence-electron chi connectivity index (χ3n) is 5.43. The minimum Gasteiger partial charge on any atom is -0.496 e. The van der Waals surface area contributed by atoms with E-state index in [2.05, 4.69) is 33.5 Å². The lowest BCUT2D eigenvalue weighted by Gasteiger charge is -2.27. The molecular formula is C24H19N3O2S. The van der Waals surface area contributed by atoms with Gasteiger partial charge in [0.15, 0.2) is 4.77 Å². The molecule has 0 saturated carbocycles. The molecule has 2 heterocycles. The maximum absolute atomic E-state index is 13.0. The molecule has 3 N–H and O–H groups in total. The number of allylic oxidation sites excluding steroid dienone is 1. The number of fused-ring (bicyclic) bond motifs is 2. The molecule has 0 amide bonds. The zero-order chi connectivity index (χ0) is 20.7. The summed E-state index contributed by atoms with van der Waals surface area (Å²) in [5.74, 6) is 1.01. The Balaban J connectivity index is 1.85. The molecule has 1 atom stereocenters. The highest BCUT2D eigenvalue weighted by molar-refractivity contribution is 7.71. The first-order valence-corrected chi connectivity index (χ1v) is 10.0. The van der Waals surface area contributed by atoms with E-state index in [1.54, 1.807) is 7.11 Å². The van der Waals surface area contributed by atoms with Gasteiger partial charge in [0.25, 0.3) is 5.56 Å². The first-order valence-electron chi connectivity index (χ1n) is 9.62. The Morgan fingerprint density at radius 1 is 0.900 bits per heavy atom. The maximum Gasteiger partial charge on any atom is 0.257 e. The lowest BCUT2D eigenvalue weighted by Crippen LogP contribution is -2.25. The third kappa shape index (κ3) is 3.02. The predicted molar refractivity (Wildman–Crippen MR) is 123 cm³/mol. The number of nitrogens with one attached hydrogen (secondary N) is 3. The van der Waals surface area contributed by atoms with E-state index >= 15 is 0 Å². The summed E-state index contributed by atoms with van der Waals surface area (Å²) in [6, 6.07) is 22.1. The van der Waals surface area contributed by atoms with Gasteiger partial charge in [-0.25, -0.2) is 0 Å². The molecule has 1 aliphatic heterocycles. The second-order valence-corrected chi connectivity index (χ2v) is 7.56. The lowest BCUT2D eigenvalue weighted by molar-refractivity contribution is 0.410. The fourth-order valence-electron chi connectivity index (χ4n) is 4.11. The number of aromatic amines is 2. The molecular weight excluding hydrogens is 394 g/mol. The van der Waals surface area contributed by atoms with Crippen molar-refractivity contribution in [3.05, 3.63) is 105 Å². The lowest BCUT2D eigenvalue weighted by atomic mass is 9.84. The van der Waals surface area contributed by atoms with Crippen molar-refractivity contribution in [1.29, 1.82) is 0 Å². The summed E-state index contributed by atoms with van der Waals surface area (Å²) in [7, 11) is 1.65. The summed E-state index contributed by atoms with van der Waals surface area (Å²) >= 11 is 5.23. The van der Waals surface area contributed by atoms with Crippen LogP contribution < -0.4 is 15.6 Å². The van der Waals surface area contributed by atoms with Crippen LogP contribution >= 0.6 is 12.2 Å². The number of hydrogen-bond donors (Lipinski definition) is 3. The minimum atomic E-state index is -0.326. The number of hydrogen-bond acceptors (Lipinski definition) is 4. The summed E-state index contributed by atoms with van der Waals surface area (Å²) in [5.41, 5.74) is 3.23. The fourth-order valence-corrected chi connectivity index (χ4v) is 4.30. The van der Waals surface area contributed by atoms with Crippen molar-refractivity contribution in [2.24, 2.45) is 0 Å². The van der Waals surface area contributed by atoms with Gasteiger partial charge in [-0.2, -0.15) is 0 Å². The van der Waals surface area contributed by atoms with Gasteiger partial charge < -0.3 is 15.0 Å². The molecule has 6 heteroatoms. The van der Waals surface area contributed by atoms with Gasteiger partial charge in [0.05, 0.1) is 12.7 Å². The Morgan fingerprint density at radius 2 is 1.67 bits per heavy atom. The van der Waals surface area contributed by atoms with E-state index in [1.165, 1.54) is 0 Å². The molecule has 148 valence electrons. The molecule has 0 spiro atoms. The monoisotopic (exact) mass is 413 g/mol. The SMILES string of the molecule is COc1ccc2ccccc2c1C1C=C(c2ccccc2)Nc2[nH]c(=S)[nH]c(=O)c21. The van der Waals surface area contributed by atoms with Crippen LogP contribution in [0.4, 0.5) is 5.82 Å². The maximum atomic E-state index is 13.0. The van der Waals surface area contributed by atoms with Crippen molar-refractivity contribution < 1.29 is 4.74 Å². The average Bonchev–Trinajstić information content (AvgIpc) is 2.77. The van der Waals surface area contributed by atoms with Crippen LogP contribution in [0, 0.1) is 4.77 Å². The van der Waals surface area contributed by atoms with Crippen LogP contribution in [0.1, 0.15) is 22.6 Å². The highest BCUT2D eigenvalue weighted by Crippen LogP contribution is 2.43. The highest BCUT2D eigenvalue weighted by Gasteiger charge is 2.29. The van der Waals surface area contributed by atoms with E-state index < -0.39 is 0 Å². The first-order chi connectivity index (χ1) is 14.7. The van der Waals surface area contributed by atoms with Gasteiger partial charge in [-0.05, 0) is 40.7 Å². The molecule has 5 nitrogen and oxygen atoms in total. The Labute approximate surface area is 178 Å². The molecule has 1 aliphatic rings. The van der Waals surface area contributed by atoms with E-state index in [-0.39, 0.29) is 16.2 Å². The first kappa shape index (κ1) is 18.4. The Hall–Kier alpha value is -3.64. The fraction of sp³-hybridized carbons (Fsp3) is 0.0833. The second-order valence-electron chi connectivity index (χ2n) is 7.15. The molecule has 4 aromatic rings. The van der Waals surface area contributed by atoms with Crippen LogP contribution in [0.5, 0.6) is 5.75 Å². The number of ether oxygens (including phenoxy) is 1. The molecule has 0 bridgehead atoms. The quantitative estimate of drug-likeness (QED) is 0.404. The van der Waals surface area contributed by atoms with Crippen LogP contribution in [0.3, 0.4) is 0 Å². The number of benzene rings is 3. The van der Waals surface area contributed by atoms with E-state index in [1.807, 2.05) is 54.6 Å². The number of anilines is 1. The van der Waals surface area contributed by atoms with Crippen LogP contribution in [0.2, 0.25) is 0 Å². The van der Waals surface area contributed by atoms with Crippen LogP contribution in [0.25, 0.3) is 16.5 Å². The summed E-state index contributed by atoms with van der Waals surface area (Å²) < 4.78 is 6.02. The van der Waals surface area contributed by atoms with Gasteiger partial charge in [-0.15, -0.1) is 0 Å². The van der Waals surface area contributed by atoms with E-state index in [0.717, 1.165) is 33.3 Å². The van der Waals surface area contributed by atoms with E-state index in [4.69, 9.17) is 17.0 Å². The van der Waals surface area contributed by atoms with Crippen molar-refractivity contribution in [2.45, 2.75) is 5.92 Å². The smallest absolute Gasteiger partial charge is 0.257 e. The third-order valence-corrected chi connectivity index (χ3v) is 5.63. The highest BCUT2D eigenvalue weighted by atomic mass is 32.1. The van der Waals surface area contributed by atoms with Gasteiger partial charge >= 0.3 is 0 Å². The average molecular weight is 414 g/mol. The van der Waals surface area contributed by atoms with E-state index in [9.17, 15) is 4.79 Å². The van der Waals surface area contributed by atoms with Gasteiger partial charge in [0, 0.05) is 17.2 Å². The molecule has 1 aromatic heterocycles. The standard InChI is InChI=1S/C24H19N3O2S/c1-29-19-12-11-14-7-5-6-10-16(14)20(19)17-13-18(15-8-3-2-4-9-15)25-22-21(17)23(28)27-24(30)26-22/h2-13,17H,1H3,(H3,25,26,27,28,30). The summed E-state index contributed by atoms with van der Waals surface area (Å²) in [4.78, 5) is 18.8. The molecule has 5 rings (SSSR count). The van der Waals surface area contributed by atoms with Crippen molar-refractivity contribution in [1.82, 2.24) is 9.97 Å². The van der Waals surface area contributed by atoms with Crippen molar-refractivity contribution in [3.63, 3.8) is 0 Å². The summed E-state index contributed by atoms with van der Waals surface area (Å²) in [6.07, 6.45) is 2.08. The van der Waals surface area contributed by atoms with Crippen LogP contribution in [0.15, 0.2) is 77.6 Å². The summed E-state index contributed by atoms with van der Waals surface area (Å²) in [6.45, 7) is 0. The number of methoxy groups -OCH3 is 1. The topological polar surface area (TPSA) is 69.9 Å². The van der Waals surface area contributed by atoms with Gasteiger partial charge in [0.2, 0.25) is 0 Å². The van der Waals surface area contributed by atoms with Crippen LogP contribution in [-0.4, -0.2) is 17.1 Å². The zero-order valence-electron chi connectivity index (χ0n) is 16.2. The number of rotatable bonds is 3. The second kappa shape index (κ2) is 7.31. The summed E-state index contributed by atoms with van der Waals surface area (Å²) in [5, 5.41) is 5.49. The zero-order valence-corrected chi connectivity index (χ0v) is 17.0. The normalized spacial score (nSPS) is 15.2. The minimum absolute atomic E-state index is 0.218. The molecule has 3 aromatic carbocycles. The van der Waals surface area contributed by atoms with E-state index in [0.29, 0.717) is 11.4 Å². The van der Waals surface area contributed by atoms with Crippen LogP contribution in [-0.2, 0) is 0 Å². The number of aromatic nitrogens is 2. The Bertz CT molecular complexity index is 1400. The molecule has 0 fully saturated rings.